The Kier molecular flexibility index (Phi) is 3.14. The third kappa shape index (κ3) is 1.91. The Bertz CT molecular complexity index is 533. The van der Waals surface area contributed by atoms with Crippen LogP contribution in [0.15, 0.2) is 23.7 Å². The van der Waals surface area contributed by atoms with E-state index in [0.29, 0.717) is 20.5 Å². The summed E-state index contributed by atoms with van der Waals surface area (Å²) in [6.07, 6.45) is 0. The average Bonchev–Trinajstić information content (AvgIpc) is 2.66. The molecule has 0 aliphatic rings. The monoisotopic (exact) mass is 273 g/mol. The molecule has 16 heavy (non-hydrogen) atoms. The maximum absolute atomic E-state index is 10.9. The molecule has 0 spiro atoms. The Hall–Kier alpha value is -1.10. The molecule has 82 valence electrons. The van der Waals surface area contributed by atoms with Crippen LogP contribution >= 0.6 is 34.5 Å². The lowest BCUT2D eigenvalue weighted by atomic mass is 10.1. The van der Waals surface area contributed by atoms with Gasteiger partial charge in [0.25, 0.3) is 0 Å². The van der Waals surface area contributed by atoms with Crippen molar-refractivity contribution in [3.05, 3.63) is 39.4 Å². The van der Waals surface area contributed by atoms with Crippen molar-refractivity contribution in [1.29, 1.82) is 0 Å². The van der Waals surface area contributed by atoms with Gasteiger partial charge < -0.3 is 5.11 Å². The second-order valence-electron chi connectivity index (χ2n) is 2.93. The van der Waals surface area contributed by atoms with E-state index in [4.69, 9.17) is 28.3 Å². The minimum Gasteiger partial charge on any atom is -0.476 e. The predicted octanol–water partition coefficient (Wildman–Crippen LogP) is 3.82. The maximum atomic E-state index is 10.9. The third-order valence-corrected chi connectivity index (χ3v) is 3.43. The van der Waals surface area contributed by atoms with E-state index in [1.807, 2.05) is 0 Å². The van der Waals surface area contributed by atoms with Crippen LogP contribution in [0.4, 0.5) is 0 Å². The maximum Gasteiger partial charge on any atom is 0.356 e. The Morgan fingerprint density at radius 2 is 1.94 bits per heavy atom. The average molecular weight is 274 g/mol. The Labute approximate surface area is 105 Å². The van der Waals surface area contributed by atoms with Crippen molar-refractivity contribution in [3.63, 3.8) is 0 Å². The summed E-state index contributed by atoms with van der Waals surface area (Å²) in [5.74, 6) is -1.09. The molecule has 6 heteroatoms. The second kappa shape index (κ2) is 4.41. The minimum atomic E-state index is -1.09. The van der Waals surface area contributed by atoms with Gasteiger partial charge in [0.2, 0.25) is 0 Å². The van der Waals surface area contributed by atoms with Gasteiger partial charge >= 0.3 is 5.97 Å². The Morgan fingerprint density at radius 3 is 2.50 bits per heavy atom. The molecule has 1 heterocycles. The van der Waals surface area contributed by atoms with Crippen LogP contribution in [0.2, 0.25) is 10.0 Å². The molecule has 0 unspecified atom stereocenters. The minimum absolute atomic E-state index is 0.0278. The fraction of sp³-hybridized carbons (Fsp3) is 0. The Morgan fingerprint density at radius 1 is 1.31 bits per heavy atom. The first-order chi connectivity index (χ1) is 7.61. The molecule has 0 radical (unpaired) electrons. The highest BCUT2D eigenvalue weighted by molar-refractivity contribution is 7.13. The zero-order valence-corrected chi connectivity index (χ0v) is 10.1. The Balaban J connectivity index is 2.68. The van der Waals surface area contributed by atoms with Crippen molar-refractivity contribution in [2.45, 2.75) is 0 Å². The van der Waals surface area contributed by atoms with E-state index in [1.165, 1.54) is 16.8 Å². The van der Waals surface area contributed by atoms with Gasteiger partial charge in [-0.2, -0.15) is 0 Å². The highest BCUT2D eigenvalue weighted by Crippen LogP contribution is 2.38. The molecule has 0 atom stereocenters. The van der Waals surface area contributed by atoms with Crippen molar-refractivity contribution >= 4 is 40.5 Å². The molecule has 0 aliphatic heterocycles. The lowest BCUT2D eigenvalue weighted by Crippen LogP contribution is -1.98. The van der Waals surface area contributed by atoms with E-state index in [0.717, 1.165) is 0 Å². The summed E-state index contributed by atoms with van der Waals surface area (Å²) in [4.78, 5) is 15.2. The summed E-state index contributed by atoms with van der Waals surface area (Å²) in [6.45, 7) is 0. The molecule has 0 bridgehead atoms. The summed E-state index contributed by atoms with van der Waals surface area (Å²) < 4.78 is 0. The molecular formula is C10H5Cl2NO2S. The van der Waals surface area contributed by atoms with Crippen molar-refractivity contribution in [1.82, 2.24) is 4.98 Å². The number of halogens is 2. The largest absolute Gasteiger partial charge is 0.476 e. The van der Waals surface area contributed by atoms with Gasteiger partial charge in [0, 0.05) is 5.56 Å². The van der Waals surface area contributed by atoms with Crippen LogP contribution in [0.3, 0.4) is 0 Å². The predicted molar refractivity (Wildman–Crippen MR) is 64.5 cm³/mol. The third-order valence-electron chi connectivity index (χ3n) is 1.96. The summed E-state index contributed by atoms with van der Waals surface area (Å²) in [5, 5.41) is 9.79. The second-order valence-corrected chi connectivity index (χ2v) is 4.60. The number of aromatic nitrogens is 1. The van der Waals surface area contributed by atoms with Crippen LogP contribution in [0.25, 0.3) is 10.4 Å². The van der Waals surface area contributed by atoms with Gasteiger partial charge in [0.15, 0.2) is 5.69 Å². The number of carbonyl (C=O) groups is 1. The van der Waals surface area contributed by atoms with E-state index in [-0.39, 0.29) is 5.69 Å². The number of rotatable bonds is 2. The van der Waals surface area contributed by atoms with Crippen LogP contribution in [0.5, 0.6) is 0 Å². The smallest absolute Gasteiger partial charge is 0.356 e. The van der Waals surface area contributed by atoms with E-state index < -0.39 is 5.97 Å². The molecule has 2 aromatic rings. The highest BCUT2D eigenvalue weighted by atomic mass is 35.5. The number of hydrogen-bond acceptors (Lipinski definition) is 3. The molecule has 0 aliphatic carbocycles. The zero-order valence-electron chi connectivity index (χ0n) is 7.78. The number of hydrogen-bond donors (Lipinski definition) is 1. The molecule has 3 nitrogen and oxygen atoms in total. The highest BCUT2D eigenvalue weighted by Gasteiger charge is 2.19. The number of thiazole rings is 1. The first kappa shape index (κ1) is 11.4. The molecule has 0 saturated heterocycles. The number of carboxylic acids is 1. The number of benzene rings is 1. The van der Waals surface area contributed by atoms with Gasteiger partial charge in [-0.15, -0.1) is 11.3 Å². The van der Waals surface area contributed by atoms with Crippen LogP contribution in [-0.4, -0.2) is 16.1 Å². The quantitative estimate of drug-likeness (QED) is 0.905. The van der Waals surface area contributed by atoms with Crippen LogP contribution in [0, 0.1) is 0 Å². The van der Waals surface area contributed by atoms with Crippen LogP contribution in [-0.2, 0) is 0 Å². The number of carboxylic acid groups (broad SMARTS) is 1. The molecule has 1 aromatic carbocycles. The molecule has 2 rings (SSSR count). The lowest BCUT2D eigenvalue weighted by molar-refractivity contribution is 0.0692. The summed E-state index contributed by atoms with van der Waals surface area (Å²) >= 11 is 13.2. The van der Waals surface area contributed by atoms with Gasteiger partial charge in [-0.05, 0) is 12.1 Å². The molecule has 0 fully saturated rings. The van der Waals surface area contributed by atoms with Crippen molar-refractivity contribution in [2.24, 2.45) is 0 Å². The van der Waals surface area contributed by atoms with Crippen molar-refractivity contribution in [3.8, 4) is 10.4 Å². The van der Waals surface area contributed by atoms with Crippen molar-refractivity contribution < 1.29 is 9.90 Å². The standard InChI is InChI=1S/C10H5Cl2NO2S/c11-5-2-1-3-6(12)7(5)9-8(10(14)15)13-4-16-9/h1-4H,(H,14,15). The molecule has 0 amide bonds. The van der Waals surface area contributed by atoms with Gasteiger partial charge in [-0.1, -0.05) is 29.3 Å². The number of aromatic carboxylic acids is 1. The fourth-order valence-electron chi connectivity index (χ4n) is 1.29. The van der Waals surface area contributed by atoms with E-state index in [9.17, 15) is 4.79 Å². The first-order valence-electron chi connectivity index (χ1n) is 4.22. The van der Waals surface area contributed by atoms with E-state index in [1.54, 1.807) is 18.2 Å². The summed E-state index contributed by atoms with van der Waals surface area (Å²) in [6, 6.07) is 5.03. The van der Waals surface area contributed by atoms with E-state index in [2.05, 4.69) is 4.98 Å². The molecule has 0 saturated carbocycles. The molecular weight excluding hydrogens is 269 g/mol. The fourth-order valence-corrected chi connectivity index (χ4v) is 2.84. The lowest BCUT2D eigenvalue weighted by Gasteiger charge is -2.04. The van der Waals surface area contributed by atoms with Gasteiger partial charge in [0.1, 0.15) is 0 Å². The molecule has 1 aromatic heterocycles. The summed E-state index contributed by atoms with van der Waals surface area (Å²) in [5.41, 5.74) is 1.95. The van der Waals surface area contributed by atoms with Crippen LogP contribution < -0.4 is 0 Å². The van der Waals surface area contributed by atoms with E-state index >= 15 is 0 Å². The first-order valence-corrected chi connectivity index (χ1v) is 5.86. The molecule has 1 N–H and O–H groups in total. The van der Waals surface area contributed by atoms with Gasteiger partial charge in [-0.25, -0.2) is 9.78 Å². The zero-order chi connectivity index (χ0) is 11.7. The van der Waals surface area contributed by atoms with Crippen molar-refractivity contribution in [2.75, 3.05) is 0 Å². The van der Waals surface area contributed by atoms with Gasteiger partial charge in [0.05, 0.1) is 20.4 Å². The summed E-state index contributed by atoms with van der Waals surface area (Å²) in [7, 11) is 0. The SMILES string of the molecule is O=C(O)c1ncsc1-c1c(Cl)cccc1Cl. The van der Waals surface area contributed by atoms with Crippen LogP contribution in [0.1, 0.15) is 10.5 Å². The topological polar surface area (TPSA) is 50.2 Å². The normalized spacial score (nSPS) is 10.4. The number of nitrogens with zero attached hydrogens (tertiary/aromatic N) is 1. The van der Waals surface area contributed by atoms with Gasteiger partial charge in [-0.3, -0.25) is 0 Å².